The summed E-state index contributed by atoms with van der Waals surface area (Å²) in [4.78, 5) is 27.0. The Kier molecular flexibility index (Phi) is 8.64. The van der Waals surface area contributed by atoms with Crippen molar-refractivity contribution in [2.24, 2.45) is 0 Å². The van der Waals surface area contributed by atoms with Crippen LogP contribution >= 0.6 is 15.9 Å². The van der Waals surface area contributed by atoms with Crippen LogP contribution in [0.5, 0.6) is 5.75 Å². The van der Waals surface area contributed by atoms with Crippen LogP contribution in [0.3, 0.4) is 0 Å². The van der Waals surface area contributed by atoms with E-state index in [9.17, 15) is 14.0 Å². The Bertz CT molecular complexity index is 829. The van der Waals surface area contributed by atoms with Crippen LogP contribution in [-0.2, 0) is 16.1 Å². The molecular weight excluding hydrogens is 439 g/mol. The molecule has 0 saturated heterocycles. The molecule has 156 valence electrons. The Morgan fingerprint density at radius 3 is 2.41 bits per heavy atom. The summed E-state index contributed by atoms with van der Waals surface area (Å²) in [5.41, 5.74) is 0.871. The van der Waals surface area contributed by atoms with E-state index in [1.54, 1.807) is 19.1 Å². The molecule has 7 heteroatoms. The van der Waals surface area contributed by atoms with Gasteiger partial charge in [-0.1, -0.05) is 47.1 Å². The third-order valence-electron chi connectivity index (χ3n) is 4.62. The van der Waals surface area contributed by atoms with E-state index in [2.05, 4.69) is 21.2 Å². The maximum atomic E-state index is 13.8. The first-order valence-corrected chi connectivity index (χ1v) is 10.3. The quantitative estimate of drug-likeness (QED) is 0.601. The molecule has 2 amide bonds. The zero-order valence-electron chi connectivity index (χ0n) is 16.8. The lowest BCUT2D eigenvalue weighted by Crippen LogP contribution is -2.50. The van der Waals surface area contributed by atoms with Crippen LogP contribution in [0.25, 0.3) is 0 Å². The standard InChI is InChI=1S/C22H26BrFN2O3/c1-4-15(2)25-22(28)16(3)26(13-17-9-11-18(23)12-10-17)21(27)14-29-20-8-6-5-7-19(20)24/h5-12,15-16H,4,13-14H2,1-3H3,(H,25,28)/t15-,16+/m0/s1. The normalized spacial score (nSPS) is 12.7. The first kappa shape index (κ1) is 22.9. The number of nitrogens with one attached hydrogen (secondary N) is 1. The van der Waals surface area contributed by atoms with Gasteiger partial charge in [0, 0.05) is 17.1 Å². The number of nitrogens with zero attached hydrogens (tertiary/aromatic N) is 1. The molecule has 0 unspecified atom stereocenters. The van der Waals surface area contributed by atoms with Crippen LogP contribution in [0.1, 0.15) is 32.8 Å². The number of hydrogen-bond acceptors (Lipinski definition) is 3. The molecule has 0 aliphatic carbocycles. The fourth-order valence-corrected chi connectivity index (χ4v) is 2.88. The molecule has 0 aliphatic heterocycles. The molecule has 0 radical (unpaired) electrons. The maximum Gasteiger partial charge on any atom is 0.261 e. The lowest BCUT2D eigenvalue weighted by Gasteiger charge is -2.29. The van der Waals surface area contributed by atoms with E-state index in [0.717, 1.165) is 16.5 Å². The van der Waals surface area contributed by atoms with Crippen LogP contribution in [-0.4, -0.2) is 35.4 Å². The smallest absolute Gasteiger partial charge is 0.261 e. The minimum atomic E-state index is -0.704. The van der Waals surface area contributed by atoms with Gasteiger partial charge in [-0.15, -0.1) is 0 Å². The lowest BCUT2D eigenvalue weighted by atomic mass is 10.1. The van der Waals surface area contributed by atoms with Gasteiger partial charge in [0.2, 0.25) is 5.91 Å². The molecule has 2 aromatic carbocycles. The van der Waals surface area contributed by atoms with E-state index >= 15 is 0 Å². The van der Waals surface area contributed by atoms with E-state index in [-0.39, 0.29) is 30.9 Å². The number of hydrogen-bond donors (Lipinski definition) is 1. The second-order valence-electron chi connectivity index (χ2n) is 6.86. The van der Waals surface area contributed by atoms with Crippen LogP contribution in [0.2, 0.25) is 0 Å². The Hall–Kier alpha value is -2.41. The van der Waals surface area contributed by atoms with E-state index < -0.39 is 17.8 Å². The Morgan fingerprint density at radius 2 is 1.79 bits per heavy atom. The average molecular weight is 465 g/mol. The summed E-state index contributed by atoms with van der Waals surface area (Å²) in [5.74, 6) is -1.18. The third-order valence-corrected chi connectivity index (χ3v) is 5.15. The second kappa shape index (κ2) is 11.0. The molecule has 0 spiro atoms. The SMILES string of the molecule is CC[C@H](C)NC(=O)[C@@H](C)N(Cc1ccc(Br)cc1)C(=O)COc1ccccc1F. The zero-order chi connectivity index (χ0) is 21.4. The van der Waals surface area contributed by atoms with Crippen molar-refractivity contribution in [3.05, 3.63) is 64.4 Å². The predicted octanol–water partition coefficient (Wildman–Crippen LogP) is 4.30. The molecule has 2 atom stereocenters. The minimum absolute atomic E-state index is 0.00107. The lowest BCUT2D eigenvalue weighted by molar-refractivity contribution is -0.142. The molecule has 0 aliphatic rings. The van der Waals surface area contributed by atoms with Crippen molar-refractivity contribution in [1.29, 1.82) is 0 Å². The Morgan fingerprint density at radius 1 is 1.14 bits per heavy atom. The van der Waals surface area contributed by atoms with Gasteiger partial charge >= 0.3 is 0 Å². The van der Waals surface area contributed by atoms with Gasteiger partial charge in [0.15, 0.2) is 18.2 Å². The summed E-state index contributed by atoms with van der Waals surface area (Å²) < 4.78 is 20.1. The summed E-state index contributed by atoms with van der Waals surface area (Å²) >= 11 is 3.39. The summed E-state index contributed by atoms with van der Waals surface area (Å²) in [6.45, 7) is 5.44. The first-order valence-electron chi connectivity index (χ1n) is 9.53. The van der Waals surface area contributed by atoms with Gasteiger partial charge in [-0.25, -0.2) is 4.39 Å². The van der Waals surface area contributed by atoms with Crippen molar-refractivity contribution >= 4 is 27.7 Å². The average Bonchev–Trinajstić information content (AvgIpc) is 2.71. The van der Waals surface area contributed by atoms with Gasteiger partial charge in [0.25, 0.3) is 5.91 Å². The van der Waals surface area contributed by atoms with Crippen LogP contribution in [0.15, 0.2) is 53.0 Å². The fraction of sp³-hybridized carbons (Fsp3) is 0.364. The van der Waals surface area contributed by atoms with Crippen molar-refractivity contribution in [1.82, 2.24) is 10.2 Å². The van der Waals surface area contributed by atoms with Crippen molar-refractivity contribution in [3.8, 4) is 5.75 Å². The zero-order valence-corrected chi connectivity index (χ0v) is 18.4. The van der Waals surface area contributed by atoms with E-state index in [1.165, 1.54) is 17.0 Å². The van der Waals surface area contributed by atoms with Crippen LogP contribution in [0, 0.1) is 5.82 Å². The molecule has 29 heavy (non-hydrogen) atoms. The summed E-state index contributed by atoms with van der Waals surface area (Å²) in [6, 6.07) is 12.7. The van der Waals surface area contributed by atoms with Crippen molar-refractivity contribution < 1.29 is 18.7 Å². The molecule has 5 nitrogen and oxygen atoms in total. The minimum Gasteiger partial charge on any atom is -0.481 e. The number of ether oxygens (including phenoxy) is 1. The summed E-state index contributed by atoms with van der Waals surface area (Å²) in [5, 5.41) is 2.90. The van der Waals surface area contributed by atoms with E-state index in [0.29, 0.717) is 0 Å². The maximum absolute atomic E-state index is 13.8. The van der Waals surface area contributed by atoms with Crippen LogP contribution < -0.4 is 10.1 Å². The topological polar surface area (TPSA) is 58.6 Å². The molecular formula is C22H26BrFN2O3. The van der Waals surface area contributed by atoms with Gasteiger partial charge in [-0.3, -0.25) is 9.59 Å². The van der Waals surface area contributed by atoms with Crippen molar-refractivity contribution in [2.75, 3.05) is 6.61 Å². The molecule has 2 aromatic rings. The number of rotatable bonds is 9. The second-order valence-corrected chi connectivity index (χ2v) is 7.78. The molecule has 0 fully saturated rings. The van der Waals surface area contributed by atoms with Crippen molar-refractivity contribution in [3.63, 3.8) is 0 Å². The highest BCUT2D eigenvalue weighted by Crippen LogP contribution is 2.17. The monoisotopic (exact) mass is 464 g/mol. The number of halogens is 2. The molecule has 2 rings (SSSR count). The molecule has 0 bridgehead atoms. The van der Waals surface area contributed by atoms with E-state index in [1.807, 2.05) is 38.1 Å². The highest BCUT2D eigenvalue weighted by molar-refractivity contribution is 9.10. The number of benzene rings is 2. The Labute approximate surface area is 179 Å². The summed E-state index contributed by atoms with van der Waals surface area (Å²) in [7, 11) is 0. The van der Waals surface area contributed by atoms with Crippen LogP contribution in [0.4, 0.5) is 4.39 Å². The molecule has 1 N–H and O–H groups in total. The van der Waals surface area contributed by atoms with Gasteiger partial charge < -0.3 is 15.0 Å². The van der Waals surface area contributed by atoms with Gasteiger partial charge in [0.05, 0.1) is 0 Å². The highest BCUT2D eigenvalue weighted by Gasteiger charge is 2.27. The fourth-order valence-electron chi connectivity index (χ4n) is 2.62. The largest absolute Gasteiger partial charge is 0.481 e. The molecule has 0 saturated carbocycles. The number of para-hydroxylation sites is 1. The molecule has 0 heterocycles. The summed E-state index contributed by atoms with van der Waals surface area (Å²) in [6.07, 6.45) is 0.787. The van der Waals surface area contributed by atoms with Gasteiger partial charge in [0.1, 0.15) is 6.04 Å². The molecule has 0 aromatic heterocycles. The van der Waals surface area contributed by atoms with Gasteiger partial charge in [-0.05, 0) is 50.1 Å². The predicted molar refractivity (Wildman–Crippen MR) is 114 cm³/mol. The first-order chi connectivity index (χ1) is 13.8. The third kappa shape index (κ3) is 6.85. The number of carbonyl (C=O) groups excluding carboxylic acids is 2. The highest BCUT2D eigenvalue weighted by atomic mass is 79.9. The van der Waals surface area contributed by atoms with Crippen molar-refractivity contribution in [2.45, 2.75) is 45.8 Å². The number of amides is 2. The van der Waals surface area contributed by atoms with E-state index in [4.69, 9.17) is 4.74 Å². The Balaban J connectivity index is 2.15. The number of carbonyl (C=O) groups is 2. The van der Waals surface area contributed by atoms with Gasteiger partial charge in [-0.2, -0.15) is 0 Å².